The number of nitrogens with two attached hydrogens (primary N) is 1. The van der Waals surface area contributed by atoms with Crippen molar-refractivity contribution in [2.75, 3.05) is 5.73 Å². The Labute approximate surface area is 149 Å². The number of hydrogen-bond acceptors (Lipinski definition) is 7. The number of benzene rings is 1. The number of nitrogen functional groups attached to an aromatic ring is 1. The Kier molecular flexibility index (Phi) is 4.76. The fourth-order valence-electron chi connectivity index (χ4n) is 2.82. The van der Waals surface area contributed by atoms with Crippen molar-refractivity contribution in [1.82, 2.24) is 15.0 Å². The molecular weight excluding hydrogens is 336 g/mol. The van der Waals surface area contributed by atoms with Crippen molar-refractivity contribution in [3.05, 3.63) is 51.1 Å². The quantitative estimate of drug-likeness (QED) is 0.564. The molecule has 0 saturated heterocycles. The van der Waals surface area contributed by atoms with Gasteiger partial charge in [-0.3, -0.25) is 0 Å². The van der Waals surface area contributed by atoms with E-state index in [-0.39, 0.29) is 11.6 Å². The lowest BCUT2D eigenvalue weighted by atomic mass is 9.95. The average molecular weight is 356 g/mol. The second kappa shape index (κ2) is 6.84. The van der Waals surface area contributed by atoms with Gasteiger partial charge in [0.05, 0.1) is 0 Å². The van der Waals surface area contributed by atoms with Crippen LogP contribution in [0.3, 0.4) is 0 Å². The lowest BCUT2D eigenvalue weighted by Gasteiger charge is -2.13. The Hall–Kier alpha value is -2.41. The van der Waals surface area contributed by atoms with E-state index in [9.17, 15) is 4.79 Å². The van der Waals surface area contributed by atoms with Crippen LogP contribution in [0.2, 0.25) is 0 Å². The smallest absolute Gasteiger partial charge is 0.336 e. The van der Waals surface area contributed by atoms with E-state index in [1.54, 1.807) is 6.92 Å². The summed E-state index contributed by atoms with van der Waals surface area (Å²) >= 11 is 1.42. The van der Waals surface area contributed by atoms with E-state index in [0.717, 1.165) is 16.5 Å². The van der Waals surface area contributed by atoms with Gasteiger partial charge in [-0.15, -0.1) is 0 Å². The summed E-state index contributed by atoms with van der Waals surface area (Å²) in [5.74, 6) is 1.71. The fraction of sp³-hybridized carbons (Fsp3) is 0.333. The molecule has 0 spiro atoms. The second-order valence-electron chi connectivity index (χ2n) is 6.26. The summed E-state index contributed by atoms with van der Waals surface area (Å²) in [5.41, 5.74) is 9.19. The first kappa shape index (κ1) is 17.4. The van der Waals surface area contributed by atoms with Crippen LogP contribution in [0.15, 0.2) is 32.6 Å². The number of thioether (sulfide) groups is 1. The van der Waals surface area contributed by atoms with Crippen LogP contribution in [0, 0.1) is 13.8 Å². The Balaban J connectivity index is 2.02. The maximum Gasteiger partial charge on any atom is 0.336 e. The zero-order valence-electron chi connectivity index (χ0n) is 14.7. The molecule has 25 heavy (non-hydrogen) atoms. The number of anilines is 1. The summed E-state index contributed by atoms with van der Waals surface area (Å²) < 4.78 is 5.38. The van der Waals surface area contributed by atoms with Gasteiger partial charge in [0.2, 0.25) is 5.95 Å². The van der Waals surface area contributed by atoms with Crippen LogP contribution in [-0.4, -0.2) is 15.0 Å². The Morgan fingerprint density at radius 2 is 1.92 bits per heavy atom. The van der Waals surface area contributed by atoms with Gasteiger partial charge in [0.15, 0.2) is 5.16 Å². The highest BCUT2D eigenvalue weighted by molar-refractivity contribution is 7.98. The van der Waals surface area contributed by atoms with E-state index in [1.165, 1.54) is 23.4 Å². The largest absolute Gasteiger partial charge is 0.423 e. The van der Waals surface area contributed by atoms with Gasteiger partial charge >= 0.3 is 5.63 Å². The highest BCUT2D eigenvalue weighted by atomic mass is 32.2. The molecule has 0 aliphatic carbocycles. The molecule has 0 unspecified atom stereocenters. The number of nitrogens with zero attached hydrogens (tertiary/aromatic N) is 3. The van der Waals surface area contributed by atoms with Crippen LogP contribution >= 0.6 is 11.8 Å². The van der Waals surface area contributed by atoms with E-state index < -0.39 is 0 Å². The van der Waals surface area contributed by atoms with E-state index >= 15 is 0 Å². The first-order valence-corrected chi connectivity index (χ1v) is 9.00. The lowest BCUT2D eigenvalue weighted by Crippen LogP contribution is -2.03. The molecule has 0 aliphatic rings. The Bertz CT molecular complexity index is 978. The van der Waals surface area contributed by atoms with Crippen molar-refractivity contribution in [2.24, 2.45) is 0 Å². The molecular formula is C18H20N4O2S. The van der Waals surface area contributed by atoms with Crippen LogP contribution in [-0.2, 0) is 5.75 Å². The highest BCUT2D eigenvalue weighted by Crippen LogP contribution is 2.29. The molecule has 0 fully saturated rings. The van der Waals surface area contributed by atoms with Gasteiger partial charge in [0.25, 0.3) is 0 Å². The van der Waals surface area contributed by atoms with Gasteiger partial charge in [-0.05, 0) is 48.6 Å². The summed E-state index contributed by atoms with van der Waals surface area (Å²) in [6.07, 6.45) is 0. The predicted molar refractivity (Wildman–Crippen MR) is 99.8 cm³/mol. The zero-order chi connectivity index (χ0) is 18.1. The maximum absolute atomic E-state index is 11.9. The topological polar surface area (TPSA) is 94.9 Å². The van der Waals surface area contributed by atoms with Crippen molar-refractivity contribution in [1.29, 1.82) is 0 Å². The molecule has 7 heteroatoms. The minimum Gasteiger partial charge on any atom is -0.423 e. The minimum atomic E-state index is -0.355. The van der Waals surface area contributed by atoms with Crippen LogP contribution < -0.4 is 11.4 Å². The van der Waals surface area contributed by atoms with Crippen molar-refractivity contribution in [3.63, 3.8) is 0 Å². The van der Waals surface area contributed by atoms with Crippen LogP contribution in [0.5, 0.6) is 0 Å². The molecule has 1 aromatic carbocycles. The molecule has 3 rings (SSSR count). The first-order chi connectivity index (χ1) is 11.8. The average Bonchev–Trinajstić information content (AvgIpc) is 2.50. The SMILES string of the molecule is Cc1nc(N)nc(SCc2cc(=O)oc3cc(C)c(C(C)C)cc23)n1. The number of hydrogen-bond donors (Lipinski definition) is 1. The Morgan fingerprint density at radius 1 is 1.16 bits per heavy atom. The third kappa shape index (κ3) is 3.82. The minimum absolute atomic E-state index is 0.199. The van der Waals surface area contributed by atoms with Crippen molar-refractivity contribution >= 4 is 28.7 Å². The summed E-state index contributed by atoms with van der Waals surface area (Å²) in [5, 5.41) is 1.49. The third-order valence-electron chi connectivity index (χ3n) is 3.94. The summed E-state index contributed by atoms with van der Waals surface area (Å²) in [7, 11) is 0. The Morgan fingerprint density at radius 3 is 2.60 bits per heavy atom. The van der Waals surface area contributed by atoms with E-state index in [4.69, 9.17) is 10.2 Å². The van der Waals surface area contributed by atoms with Gasteiger partial charge in [0.1, 0.15) is 11.4 Å². The van der Waals surface area contributed by atoms with Gasteiger partial charge in [0, 0.05) is 17.2 Å². The van der Waals surface area contributed by atoms with Gasteiger partial charge in [-0.1, -0.05) is 25.6 Å². The van der Waals surface area contributed by atoms with Crippen molar-refractivity contribution < 1.29 is 4.42 Å². The number of aryl methyl sites for hydroxylation is 2. The fourth-order valence-corrected chi connectivity index (χ4v) is 3.70. The molecule has 2 N–H and O–H groups in total. The molecule has 2 heterocycles. The lowest BCUT2D eigenvalue weighted by molar-refractivity contribution is 0.559. The highest BCUT2D eigenvalue weighted by Gasteiger charge is 2.12. The maximum atomic E-state index is 11.9. The molecule has 0 atom stereocenters. The molecule has 0 saturated carbocycles. The molecule has 0 radical (unpaired) electrons. The summed E-state index contributed by atoms with van der Waals surface area (Å²) in [6, 6.07) is 5.58. The van der Waals surface area contributed by atoms with Gasteiger partial charge in [-0.2, -0.15) is 9.97 Å². The molecule has 2 aromatic heterocycles. The molecule has 0 amide bonds. The number of aromatic nitrogens is 3. The van der Waals surface area contributed by atoms with Gasteiger partial charge in [-0.25, -0.2) is 9.78 Å². The first-order valence-electron chi connectivity index (χ1n) is 8.01. The third-order valence-corrected chi connectivity index (χ3v) is 4.84. The van der Waals surface area contributed by atoms with Crippen LogP contribution in [0.25, 0.3) is 11.0 Å². The molecule has 6 nitrogen and oxygen atoms in total. The van der Waals surface area contributed by atoms with E-state index in [2.05, 4.69) is 34.9 Å². The normalized spacial score (nSPS) is 11.4. The molecule has 0 aliphatic heterocycles. The molecule has 3 aromatic rings. The second-order valence-corrected chi connectivity index (χ2v) is 7.20. The zero-order valence-corrected chi connectivity index (χ0v) is 15.5. The summed E-state index contributed by atoms with van der Waals surface area (Å²) in [4.78, 5) is 24.3. The standard InChI is InChI=1S/C18H20N4O2S/c1-9(2)13-7-14-12(6-16(23)24-15(14)5-10(13)3)8-25-18-21-11(4)20-17(19)22-18/h5-7,9H,8H2,1-4H3,(H2,19,20,21,22). The van der Waals surface area contributed by atoms with Crippen LogP contribution in [0.4, 0.5) is 5.95 Å². The molecule has 130 valence electrons. The van der Waals surface area contributed by atoms with E-state index in [1.807, 2.05) is 13.0 Å². The van der Waals surface area contributed by atoms with Crippen LogP contribution in [0.1, 0.15) is 42.3 Å². The number of rotatable bonds is 4. The number of fused-ring (bicyclic) bond motifs is 1. The summed E-state index contributed by atoms with van der Waals surface area (Å²) in [6.45, 7) is 8.11. The van der Waals surface area contributed by atoms with Crippen molar-refractivity contribution in [3.8, 4) is 0 Å². The van der Waals surface area contributed by atoms with Crippen molar-refractivity contribution in [2.45, 2.75) is 44.5 Å². The molecule has 0 bridgehead atoms. The monoisotopic (exact) mass is 356 g/mol. The predicted octanol–water partition coefficient (Wildman–Crippen LogP) is 3.59. The van der Waals surface area contributed by atoms with E-state index in [0.29, 0.717) is 28.2 Å². The van der Waals surface area contributed by atoms with Gasteiger partial charge < -0.3 is 10.2 Å².